The number of piperazine rings is 1. The molecule has 0 bridgehead atoms. The number of imidazole rings is 2. The van der Waals surface area contributed by atoms with Gasteiger partial charge in [-0.15, -0.1) is 0 Å². The van der Waals surface area contributed by atoms with Crippen molar-refractivity contribution in [2.75, 3.05) is 38.1 Å². The Morgan fingerprint density at radius 3 is 2.41 bits per heavy atom. The van der Waals surface area contributed by atoms with Gasteiger partial charge in [-0.1, -0.05) is 23.8 Å². The Bertz CT molecular complexity index is 1800. The van der Waals surface area contributed by atoms with Gasteiger partial charge in [-0.05, 0) is 62.4 Å². The van der Waals surface area contributed by atoms with Crippen LogP contribution in [0, 0.1) is 6.92 Å². The summed E-state index contributed by atoms with van der Waals surface area (Å²) in [6, 6.07) is 21.2. The predicted octanol–water partition coefficient (Wildman–Crippen LogP) is 5.03. The van der Waals surface area contributed by atoms with Gasteiger partial charge in [0.15, 0.2) is 0 Å². The normalized spacial score (nSPS) is 13.8. The van der Waals surface area contributed by atoms with Crippen molar-refractivity contribution in [3.63, 3.8) is 0 Å². The quantitative estimate of drug-likeness (QED) is 0.257. The number of carboxylic acids is 1. The second kappa shape index (κ2) is 12.3. The minimum absolute atomic E-state index is 0.0325. The van der Waals surface area contributed by atoms with Crippen LogP contribution in [0.25, 0.3) is 11.0 Å². The van der Waals surface area contributed by atoms with E-state index in [9.17, 15) is 14.7 Å². The van der Waals surface area contributed by atoms with E-state index in [1.165, 1.54) is 5.56 Å². The number of nitrogens with zero attached hydrogens (tertiary/aromatic N) is 7. The van der Waals surface area contributed by atoms with Crippen molar-refractivity contribution in [1.82, 2.24) is 28.9 Å². The number of rotatable bonds is 9. The molecule has 0 radical (unpaired) electrons. The lowest BCUT2D eigenvalue weighted by molar-refractivity contribution is 0.0623. The minimum atomic E-state index is -0.965. The van der Waals surface area contributed by atoms with Crippen LogP contribution >= 0.6 is 0 Å². The summed E-state index contributed by atoms with van der Waals surface area (Å²) in [5.74, 6) is -0.0731. The van der Waals surface area contributed by atoms with Gasteiger partial charge in [0.25, 0.3) is 5.91 Å². The van der Waals surface area contributed by atoms with Gasteiger partial charge in [0, 0.05) is 62.9 Å². The Hall–Kier alpha value is -4.96. The maximum Gasteiger partial charge on any atom is 0.335 e. The monoisotopic (exact) mass is 591 g/mol. The lowest BCUT2D eigenvalue weighted by atomic mass is 10.1. The predicted molar refractivity (Wildman–Crippen MR) is 171 cm³/mol. The lowest BCUT2D eigenvalue weighted by Gasteiger charge is -2.34. The van der Waals surface area contributed by atoms with E-state index < -0.39 is 5.97 Å². The Labute approximate surface area is 256 Å². The molecule has 1 fully saturated rings. The van der Waals surface area contributed by atoms with E-state index in [2.05, 4.69) is 62.0 Å². The fraction of sp³-hybridized carbons (Fsp3) is 0.294. The van der Waals surface area contributed by atoms with Crippen molar-refractivity contribution in [2.45, 2.75) is 33.5 Å². The van der Waals surface area contributed by atoms with Crippen molar-refractivity contribution in [1.29, 1.82) is 0 Å². The molecule has 3 heterocycles. The van der Waals surface area contributed by atoms with Crippen LogP contribution in [0.1, 0.15) is 44.7 Å². The minimum Gasteiger partial charge on any atom is -0.478 e. The molecule has 0 spiro atoms. The summed E-state index contributed by atoms with van der Waals surface area (Å²) in [5, 5.41) is 9.61. The number of benzene rings is 3. The molecular weight excluding hydrogens is 554 g/mol. The third kappa shape index (κ3) is 5.93. The summed E-state index contributed by atoms with van der Waals surface area (Å²) in [4.78, 5) is 40.8. The van der Waals surface area contributed by atoms with Gasteiger partial charge >= 0.3 is 5.97 Å². The van der Waals surface area contributed by atoms with Crippen LogP contribution in [-0.2, 0) is 19.6 Å². The molecule has 0 unspecified atom stereocenters. The molecule has 3 aromatic carbocycles. The number of carboxylic acid groups (broad SMARTS) is 1. The summed E-state index contributed by atoms with van der Waals surface area (Å²) in [6.45, 7) is 8.71. The Morgan fingerprint density at radius 1 is 0.909 bits per heavy atom. The molecule has 44 heavy (non-hydrogen) atoms. The fourth-order valence-electron chi connectivity index (χ4n) is 5.79. The van der Waals surface area contributed by atoms with Crippen molar-refractivity contribution in [3.8, 4) is 0 Å². The number of fused-ring (bicyclic) bond motifs is 1. The smallest absolute Gasteiger partial charge is 0.335 e. The zero-order valence-corrected chi connectivity index (χ0v) is 25.3. The molecule has 226 valence electrons. The van der Waals surface area contributed by atoms with Gasteiger partial charge in [-0.2, -0.15) is 0 Å². The van der Waals surface area contributed by atoms with E-state index in [1.807, 2.05) is 48.7 Å². The number of aromatic nitrogens is 4. The number of hydrogen-bond donors (Lipinski definition) is 1. The number of amides is 1. The molecule has 0 atom stereocenters. The summed E-state index contributed by atoms with van der Waals surface area (Å²) in [6.07, 6.45) is 3.65. The summed E-state index contributed by atoms with van der Waals surface area (Å²) in [7, 11) is 2.01. The van der Waals surface area contributed by atoms with E-state index in [0.717, 1.165) is 40.5 Å². The van der Waals surface area contributed by atoms with Gasteiger partial charge < -0.3 is 24.0 Å². The summed E-state index contributed by atoms with van der Waals surface area (Å²) >= 11 is 0. The standard InChI is InChI=1S/C34H37N7O3/c1-4-39-23-35-20-29(39)21-41-31-19-26(34(43)44)10-13-30(31)36-32(41)22-38-14-16-40(17-15-38)33(42)25-6-5-7-28(18-25)37(3)27-11-8-24(2)9-12-27/h5-13,18-20,23H,4,14-17,21-22H2,1-3H3,(H,43,44). The van der Waals surface area contributed by atoms with Crippen LogP contribution < -0.4 is 4.90 Å². The second-order valence-electron chi connectivity index (χ2n) is 11.3. The highest BCUT2D eigenvalue weighted by molar-refractivity contribution is 5.95. The van der Waals surface area contributed by atoms with Gasteiger partial charge in [0.2, 0.25) is 0 Å². The largest absolute Gasteiger partial charge is 0.478 e. The molecule has 0 saturated carbocycles. The summed E-state index contributed by atoms with van der Waals surface area (Å²) in [5.41, 5.74) is 6.72. The van der Waals surface area contributed by atoms with Crippen molar-refractivity contribution < 1.29 is 14.7 Å². The Morgan fingerprint density at radius 2 is 1.68 bits per heavy atom. The number of anilines is 2. The third-order valence-electron chi connectivity index (χ3n) is 8.46. The number of hydrogen-bond acceptors (Lipinski definition) is 6. The maximum absolute atomic E-state index is 13.5. The highest BCUT2D eigenvalue weighted by atomic mass is 16.4. The average molecular weight is 592 g/mol. The SMILES string of the molecule is CCn1cncc1Cn1c(CN2CCN(C(=O)c3cccc(N(C)c4ccc(C)cc4)c3)CC2)nc2ccc(C(=O)O)cc21. The molecule has 10 heteroatoms. The number of aromatic carboxylic acids is 1. The van der Waals surface area contributed by atoms with E-state index in [4.69, 9.17) is 4.98 Å². The zero-order valence-electron chi connectivity index (χ0n) is 25.3. The van der Waals surface area contributed by atoms with Crippen molar-refractivity contribution in [2.24, 2.45) is 0 Å². The van der Waals surface area contributed by atoms with Gasteiger partial charge in [0.1, 0.15) is 5.82 Å². The van der Waals surface area contributed by atoms with Crippen LogP contribution in [0.2, 0.25) is 0 Å². The molecule has 1 saturated heterocycles. The summed E-state index contributed by atoms with van der Waals surface area (Å²) < 4.78 is 4.17. The number of aryl methyl sites for hydroxylation is 2. The molecule has 1 amide bonds. The first-order valence-electron chi connectivity index (χ1n) is 14.9. The topological polar surface area (TPSA) is 99.7 Å². The molecule has 5 aromatic rings. The lowest BCUT2D eigenvalue weighted by Crippen LogP contribution is -2.48. The van der Waals surface area contributed by atoms with Crippen molar-refractivity contribution >= 4 is 34.3 Å². The molecule has 0 aliphatic carbocycles. The average Bonchev–Trinajstić information content (AvgIpc) is 3.64. The first-order chi connectivity index (χ1) is 21.3. The number of carbonyl (C=O) groups is 2. The molecule has 6 rings (SSSR count). The van der Waals surface area contributed by atoms with E-state index >= 15 is 0 Å². The van der Waals surface area contributed by atoms with Crippen molar-refractivity contribution in [3.05, 3.63) is 107 Å². The zero-order chi connectivity index (χ0) is 30.8. The highest BCUT2D eigenvalue weighted by Gasteiger charge is 2.25. The third-order valence-corrected chi connectivity index (χ3v) is 8.46. The second-order valence-corrected chi connectivity index (χ2v) is 11.3. The molecule has 2 aromatic heterocycles. The van der Waals surface area contributed by atoms with Crippen LogP contribution in [0.5, 0.6) is 0 Å². The van der Waals surface area contributed by atoms with E-state index in [0.29, 0.717) is 44.8 Å². The Balaban J connectivity index is 1.16. The fourth-order valence-corrected chi connectivity index (χ4v) is 5.79. The number of carbonyl (C=O) groups excluding carboxylic acids is 1. The molecular formula is C34H37N7O3. The van der Waals surface area contributed by atoms with Gasteiger partial charge in [-0.3, -0.25) is 9.69 Å². The van der Waals surface area contributed by atoms with Crippen LogP contribution in [-0.4, -0.2) is 79.1 Å². The van der Waals surface area contributed by atoms with E-state index in [-0.39, 0.29) is 11.5 Å². The van der Waals surface area contributed by atoms with E-state index in [1.54, 1.807) is 18.2 Å². The molecule has 1 N–H and O–H groups in total. The molecule has 10 nitrogen and oxygen atoms in total. The first-order valence-corrected chi connectivity index (χ1v) is 14.9. The maximum atomic E-state index is 13.5. The Kier molecular flexibility index (Phi) is 8.17. The van der Waals surface area contributed by atoms with Crippen LogP contribution in [0.3, 0.4) is 0 Å². The molecule has 1 aliphatic heterocycles. The van der Waals surface area contributed by atoms with Gasteiger partial charge in [0.05, 0.1) is 41.7 Å². The molecule has 1 aliphatic rings. The van der Waals surface area contributed by atoms with Gasteiger partial charge in [-0.25, -0.2) is 14.8 Å². The highest BCUT2D eigenvalue weighted by Crippen LogP contribution is 2.26. The first kappa shape index (κ1) is 29.1. The van der Waals surface area contributed by atoms with Crippen LogP contribution in [0.4, 0.5) is 11.4 Å². The van der Waals surface area contributed by atoms with Crippen LogP contribution in [0.15, 0.2) is 79.3 Å².